The normalized spacial score (nSPS) is 17.1. The number of hydrogen-bond donors (Lipinski definition) is 2. The summed E-state index contributed by atoms with van der Waals surface area (Å²) in [5, 5.41) is 12.1. The highest BCUT2D eigenvalue weighted by molar-refractivity contribution is 6.13. The number of carbonyl (C=O) groups excluding carboxylic acids is 1. The van der Waals surface area contributed by atoms with Gasteiger partial charge in [-0.05, 0) is 39.3 Å². The third kappa shape index (κ3) is 3.69. The molecule has 166 valence electrons. The molecule has 2 N–H and O–H groups in total. The van der Waals surface area contributed by atoms with Crippen molar-refractivity contribution in [2.24, 2.45) is 7.05 Å². The van der Waals surface area contributed by atoms with Crippen molar-refractivity contribution in [1.82, 2.24) is 29.5 Å². The predicted molar refractivity (Wildman–Crippen MR) is 125 cm³/mol. The van der Waals surface area contributed by atoms with Gasteiger partial charge in [-0.1, -0.05) is 0 Å². The van der Waals surface area contributed by atoms with Crippen LogP contribution in [0.3, 0.4) is 0 Å². The van der Waals surface area contributed by atoms with Crippen molar-refractivity contribution in [3.05, 3.63) is 47.7 Å². The van der Waals surface area contributed by atoms with E-state index < -0.39 is 0 Å². The minimum absolute atomic E-state index is 0.225. The van der Waals surface area contributed by atoms with E-state index in [1.807, 2.05) is 56.0 Å². The third-order valence-electron chi connectivity index (χ3n) is 6.03. The molecular weight excluding hydrogens is 404 g/mol. The number of imidazole rings is 1. The van der Waals surface area contributed by atoms with Crippen molar-refractivity contribution in [1.29, 1.82) is 0 Å². The van der Waals surface area contributed by atoms with E-state index >= 15 is 0 Å². The zero-order valence-corrected chi connectivity index (χ0v) is 18.9. The van der Waals surface area contributed by atoms with E-state index in [1.165, 1.54) is 0 Å². The van der Waals surface area contributed by atoms with Gasteiger partial charge in [-0.15, -0.1) is 0 Å². The highest BCUT2D eigenvalue weighted by Gasteiger charge is 2.21. The van der Waals surface area contributed by atoms with Gasteiger partial charge in [-0.2, -0.15) is 5.10 Å². The van der Waals surface area contributed by atoms with E-state index in [2.05, 4.69) is 37.5 Å². The smallest absolute Gasteiger partial charge is 0.259 e. The van der Waals surface area contributed by atoms with Crippen LogP contribution in [0.4, 0.5) is 11.5 Å². The van der Waals surface area contributed by atoms with Gasteiger partial charge in [0.2, 0.25) is 0 Å². The minimum atomic E-state index is -0.225. The Bertz CT molecular complexity index is 1320. The molecule has 1 amide bonds. The number of aromatic nitrogens is 5. The summed E-state index contributed by atoms with van der Waals surface area (Å²) < 4.78 is 3.66. The summed E-state index contributed by atoms with van der Waals surface area (Å²) in [6, 6.07) is 4.41. The molecule has 0 aliphatic carbocycles. The molecule has 0 saturated carbocycles. The van der Waals surface area contributed by atoms with Crippen LogP contribution in [0.5, 0.6) is 0 Å². The molecule has 1 aliphatic heterocycles. The first-order valence-corrected chi connectivity index (χ1v) is 11.0. The molecule has 1 unspecified atom stereocenters. The third-order valence-corrected chi connectivity index (χ3v) is 6.03. The molecule has 1 aliphatic rings. The fourth-order valence-corrected chi connectivity index (χ4v) is 4.46. The summed E-state index contributed by atoms with van der Waals surface area (Å²) in [6.07, 6.45) is 6.77. The Labute approximate surface area is 186 Å². The van der Waals surface area contributed by atoms with Gasteiger partial charge in [0.15, 0.2) is 11.5 Å². The van der Waals surface area contributed by atoms with Gasteiger partial charge < -0.3 is 19.9 Å². The summed E-state index contributed by atoms with van der Waals surface area (Å²) >= 11 is 0. The molecule has 1 saturated heterocycles. The largest absolute Gasteiger partial charge is 0.370 e. The molecule has 4 aromatic rings. The molecular formula is C23H28N8O. The lowest BCUT2D eigenvalue weighted by Crippen LogP contribution is -2.29. The molecule has 9 heteroatoms. The Kier molecular flexibility index (Phi) is 5.05. The van der Waals surface area contributed by atoms with Gasteiger partial charge in [0, 0.05) is 56.2 Å². The standard InChI is InChI=1S/C23H28N8O/c1-14-7-9-30(10-8-24-14)19-6-5-17(21-18(19)12-29(4)28-21)23(32)27-20-13-31-11-15(2)25-16(3)22(31)26-20/h5-6,11-14,24H,7-10H2,1-4H3,(H,27,32). The summed E-state index contributed by atoms with van der Waals surface area (Å²) in [7, 11) is 1.89. The molecule has 1 atom stereocenters. The van der Waals surface area contributed by atoms with Crippen LogP contribution in [0.25, 0.3) is 16.6 Å². The number of fused-ring (bicyclic) bond motifs is 2. The van der Waals surface area contributed by atoms with Gasteiger partial charge in [0.25, 0.3) is 5.91 Å². The predicted octanol–water partition coefficient (Wildman–Crippen LogP) is 2.67. The number of aryl methyl sites for hydroxylation is 3. The summed E-state index contributed by atoms with van der Waals surface area (Å²) in [6.45, 7) is 8.90. The van der Waals surface area contributed by atoms with Gasteiger partial charge in [0.1, 0.15) is 5.52 Å². The second-order valence-electron chi connectivity index (χ2n) is 8.61. The minimum Gasteiger partial charge on any atom is -0.370 e. The van der Waals surface area contributed by atoms with Crippen LogP contribution in [0.1, 0.15) is 35.1 Å². The molecule has 3 aromatic heterocycles. The van der Waals surface area contributed by atoms with Crippen molar-refractivity contribution in [2.75, 3.05) is 29.9 Å². The Hall–Kier alpha value is -3.46. The topological polar surface area (TPSA) is 92.4 Å². The quantitative estimate of drug-likeness (QED) is 0.517. The highest BCUT2D eigenvalue weighted by Crippen LogP contribution is 2.30. The molecule has 1 fully saturated rings. The lowest BCUT2D eigenvalue weighted by Gasteiger charge is -2.23. The molecule has 1 aromatic carbocycles. The van der Waals surface area contributed by atoms with Crippen LogP contribution >= 0.6 is 0 Å². The maximum Gasteiger partial charge on any atom is 0.259 e. The van der Waals surface area contributed by atoms with Crippen LogP contribution in [0.2, 0.25) is 0 Å². The lowest BCUT2D eigenvalue weighted by molar-refractivity contribution is 0.102. The van der Waals surface area contributed by atoms with Crippen molar-refractivity contribution < 1.29 is 4.79 Å². The van der Waals surface area contributed by atoms with Crippen LogP contribution < -0.4 is 15.5 Å². The molecule has 32 heavy (non-hydrogen) atoms. The number of benzene rings is 1. The van der Waals surface area contributed by atoms with E-state index in [9.17, 15) is 4.79 Å². The van der Waals surface area contributed by atoms with Crippen LogP contribution in [-0.2, 0) is 7.05 Å². The van der Waals surface area contributed by atoms with E-state index in [0.29, 0.717) is 22.9 Å². The van der Waals surface area contributed by atoms with E-state index in [-0.39, 0.29) is 5.91 Å². The van der Waals surface area contributed by atoms with Crippen LogP contribution in [-0.4, -0.2) is 55.7 Å². The molecule has 0 spiro atoms. The number of amides is 1. The Morgan fingerprint density at radius 3 is 2.84 bits per heavy atom. The summed E-state index contributed by atoms with van der Waals surface area (Å²) in [4.78, 5) is 24.6. The second-order valence-corrected chi connectivity index (χ2v) is 8.61. The summed E-state index contributed by atoms with van der Waals surface area (Å²) in [5.74, 6) is 0.267. The van der Waals surface area contributed by atoms with Gasteiger partial charge in [-0.25, -0.2) is 4.98 Å². The lowest BCUT2D eigenvalue weighted by atomic mass is 10.1. The Balaban J connectivity index is 1.48. The number of anilines is 2. The van der Waals surface area contributed by atoms with Crippen molar-refractivity contribution in [2.45, 2.75) is 33.2 Å². The van der Waals surface area contributed by atoms with Crippen molar-refractivity contribution >= 4 is 34.0 Å². The first-order chi connectivity index (χ1) is 15.4. The van der Waals surface area contributed by atoms with E-state index in [1.54, 1.807) is 4.68 Å². The molecule has 0 radical (unpaired) electrons. The van der Waals surface area contributed by atoms with Crippen LogP contribution in [0, 0.1) is 13.8 Å². The van der Waals surface area contributed by atoms with Gasteiger partial charge >= 0.3 is 0 Å². The molecule has 4 heterocycles. The van der Waals surface area contributed by atoms with E-state index in [4.69, 9.17) is 0 Å². The van der Waals surface area contributed by atoms with Gasteiger partial charge in [0.05, 0.1) is 23.1 Å². The molecule has 0 bridgehead atoms. The van der Waals surface area contributed by atoms with Crippen molar-refractivity contribution in [3.8, 4) is 0 Å². The summed E-state index contributed by atoms with van der Waals surface area (Å²) in [5.41, 5.74) is 4.80. The first-order valence-electron chi connectivity index (χ1n) is 11.0. The number of rotatable bonds is 3. The zero-order valence-electron chi connectivity index (χ0n) is 18.9. The fraction of sp³-hybridized carbons (Fsp3) is 0.391. The number of carbonyl (C=O) groups is 1. The highest BCUT2D eigenvalue weighted by atomic mass is 16.1. The SMILES string of the molecule is Cc1cn2cc(NC(=O)c3ccc(N4CCNC(C)CC4)c4cn(C)nc34)nc2c(C)n1. The first kappa shape index (κ1) is 20.4. The fourth-order valence-electron chi connectivity index (χ4n) is 4.46. The second kappa shape index (κ2) is 7.90. The van der Waals surface area contributed by atoms with Gasteiger partial charge in [-0.3, -0.25) is 14.5 Å². The maximum atomic E-state index is 13.2. The Morgan fingerprint density at radius 2 is 2.00 bits per heavy atom. The van der Waals surface area contributed by atoms with Crippen LogP contribution in [0.15, 0.2) is 30.7 Å². The number of nitrogens with zero attached hydrogens (tertiary/aromatic N) is 6. The monoisotopic (exact) mass is 432 g/mol. The number of nitrogens with one attached hydrogen (secondary N) is 2. The zero-order chi connectivity index (χ0) is 22.4. The Morgan fingerprint density at radius 1 is 1.16 bits per heavy atom. The van der Waals surface area contributed by atoms with E-state index in [0.717, 1.165) is 54.2 Å². The van der Waals surface area contributed by atoms with Crippen molar-refractivity contribution in [3.63, 3.8) is 0 Å². The molecule has 9 nitrogen and oxygen atoms in total. The average molecular weight is 433 g/mol. The average Bonchev–Trinajstić information content (AvgIpc) is 3.25. The number of hydrogen-bond acceptors (Lipinski definition) is 6. The maximum absolute atomic E-state index is 13.2. The molecule has 5 rings (SSSR count).